The van der Waals surface area contributed by atoms with Crippen molar-refractivity contribution in [2.75, 3.05) is 0 Å². The van der Waals surface area contributed by atoms with E-state index in [2.05, 4.69) is 5.16 Å². The van der Waals surface area contributed by atoms with E-state index in [1.54, 1.807) is 31.2 Å². The molecule has 2 aromatic carbocycles. The van der Waals surface area contributed by atoms with Gasteiger partial charge in [0.2, 0.25) is 0 Å². The maximum Gasteiger partial charge on any atom is 0.198 e. The molecule has 0 spiro atoms. The van der Waals surface area contributed by atoms with Gasteiger partial charge in [0.25, 0.3) is 0 Å². The van der Waals surface area contributed by atoms with E-state index in [0.29, 0.717) is 33.2 Å². The van der Waals surface area contributed by atoms with E-state index in [9.17, 15) is 9.18 Å². The highest BCUT2D eigenvalue weighted by Gasteiger charge is 2.23. The average molecular weight is 316 g/mol. The predicted octanol–water partition coefficient (Wildman–Crippen LogP) is 4.67. The molecule has 3 nitrogen and oxygen atoms in total. The van der Waals surface area contributed by atoms with Crippen LogP contribution < -0.4 is 0 Å². The van der Waals surface area contributed by atoms with Gasteiger partial charge in [-0.1, -0.05) is 35.0 Å². The second-order valence-electron chi connectivity index (χ2n) is 4.78. The molecular formula is C17H11ClFNO2. The molecule has 0 unspecified atom stereocenters. The summed E-state index contributed by atoms with van der Waals surface area (Å²) in [5, 5.41) is 4.43. The summed E-state index contributed by atoms with van der Waals surface area (Å²) in [7, 11) is 0. The molecule has 1 aromatic heterocycles. The number of halogens is 2. The van der Waals surface area contributed by atoms with Crippen LogP contribution in [-0.2, 0) is 0 Å². The van der Waals surface area contributed by atoms with Gasteiger partial charge in [0.05, 0.1) is 10.6 Å². The van der Waals surface area contributed by atoms with Crippen LogP contribution in [0.5, 0.6) is 0 Å². The third-order valence-electron chi connectivity index (χ3n) is 3.33. The van der Waals surface area contributed by atoms with Gasteiger partial charge in [0.15, 0.2) is 5.78 Å². The summed E-state index contributed by atoms with van der Waals surface area (Å²) in [6.45, 7) is 1.66. The summed E-state index contributed by atoms with van der Waals surface area (Å²) in [5.41, 5.74) is 1.70. The molecule has 1 heterocycles. The molecule has 22 heavy (non-hydrogen) atoms. The fraction of sp³-hybridized carbons (Fsp3) is 0.0588. The third kappa shape index (κ3) is 2.53. The second kappa shape index (κ2) is 5.73. The van der Waals surface area contributed by atoms with Crippen LogP contribution in [0.3, 0.4) is 0 Å². The molecular weight excluding hydrogens is 305 g/mol. The number of hydrogen-bond acceptors (Lipinski definition) is 3. The number of nitrogens with zero attached hydrogens (tertiary/aromatic N) is 1. The molecule has 0 bridgehead atoms. The highest BCUT2D eigenvalue weighted by molar-refractivity contribution is 6.33. The van der Waals surface area contributed by atoms with Crippen molar-refractivity contribution in [3.63, 3.8) is 0 Å². The zero-order chi connectivity index (χ0) is 15.7. The van der Waals surface area contributed by atoms with Gasteiger partial charge in [-0.15, -0.1) is 0 Å². The molecule has 110 valence electrons. The van der Waals surface area contributed by atoms with Crippen LogP contribution in [0.15, 0.2) is 53.1 Å². The Morgan fingerprint density at radius 2 is 1.82 bits per heavy atom. The quantitative estimate of drug-likeness (QED) is 0.659. The van der Waals surface area contributed by atoms with Gasteiger partial charge in [-0.3, -0.25) is 4.79 Å². The Morgan fingerprint density at radius 1 is 1.14 bits per heavy atom. The van der Waals surface area contributed by atoms with Crippen molar-refractivity contribution in [3.8, 4) is 11.3 Å². The first-order valence-corrected chi connectivity index (χ1v) is 6.97. The summed E-state index contributed by atoms with van der Waals surface area (Å²) >= 11 is 6.17. The lowest BCUT2D eigenvalue weighted by Crippen LogP contribution is -2.04. The van der Waals surface area contributed by atoms with E-state index in [4.69, 9.17) is 16.1 Å². The molecule has 3 aromatic rings. The zero-order valence-corrected chi connectivity index (χ0v) is 12.4. The van der Waals surface area contributed by atoms with Crippen molar-refractivity contribution in [3.05, 3.63) is 76.3 Å². The van der Waals surface area contributed by atoms with E-state index in [0.717, 1.165) is 0 Å². The van der Waals surface area contributed by atoms with E-state index in [1.807, 2.05) is 0 Å². The van der Waals surface area contributed by atoms with Crippen molar-refractivity contribution in [2.45, 2.75) is 6.92 Å². The summed E-state index contributed by atoms with van der Waals surface area (Å²) in [6.07, 6.45) is 0. The SMILES string of the molecule is Cc1onc(-c2ccccc2Cl)c1C(=O)c1ccc(F)cc1. The predicted molar refractivity (Wildman–Crippen MR) is 81.5 cm³/mol. The molecule has 0 aliphatic rings. The Labute approximate surface area is 131 Å². The van der Waals surface area contributed by atoms with Crippen molar-refractivity contribution in [1.29, 1.82) is 0 Å². The summed E-state index contributed by atoms with van der Waals surface area (Å²) < 4.78 is 18.2. The average Bonchev–Trinajstić information content (AvgIpc) is 2.89. The van der Waals surface area contributed by atoms with Crippen LogP contribution in [0.25, 0.3) is 11.3 Å². The zero-order valence-electron chi connectivity index (χ0n) is 11.6. The molecule has 0 saturated heterocycles. The highest BCUT2D eigenvalue weighted by Crippen LogP contribution is 2.32. The van der Waals surface area contributed by atoms with Crippen molar-refractivity contribution in [1.82, 2.24) is 5.16 Å². The first-order valence-electron chi connectivity index (χ1n) is 6.59. The summed E-state index contributed by atoms with van der Waals surface area (Å²) in [6, 6.07) is 12.4. The minimum absolute atomic E-state index is 0.284. The Balaban J connectivity index is 2.12. The first-order chi connectivity index (χ1) is 10.6. The minimum Gasteiger partial charge on any atom is -0.360 e. The van der Waals surface area contributed by atoms with Gasteiger partial charge in [0.1, 0.15) is 17.3 Å². The maximum absolute atomic E-state index is 13.0. The number of aryl methyl sites for hydroxylation is 1. The summed E-state index contributed by atoms with van der Waals surface area (Å²) in [4.78, 5) is 12.7. The molecule has 0 amide bonds. The van der Waals surface area contributed by atoms with Gasteiger partial charge in [0, 0.05) is 11.1 Å². The van der Waals surface area contributed by atoms with Gasteiger partial charge in [-0.25, -0.2) is 4.39 Å². The molecule has 0 fully saturated rings. The van der Waals surface area contributed by atoms with Crippen LogP contribution in [0, 0.1) is 12.7 Å². The normalized spacial score (nSPS) is 10.7. The second-order valence-corrected chi connectivity index (χ2v) is 5.19. The van der Waals surface area contributed by atoms with Gasteiger partial charge in [-0.05, 0) is 37.3 Å². The number of carbonyl (C=O) groups is 1. The molecule has 3 rings (SSSR count). The summed E-state index contributed by atoms with van der Waals surface area (Å²) in [5.74, 6) is -0.289. The van der Waals surface area contributed by atoms with Crippen LogP contribution in [0.2, 0.25) is 5.02 Å². The lowest BCUT2D eigenvalue weighted by atomic mass is 9.98. The maximum atomic E-state index is 13.0. The Kier molecular flexibility index (Phi) is 3.77. The van der Waals surface area contributed by atoms with Crippen LogP contribution >= 0.6 is 11.6 Å². The molecule has 5 heteroatoms. The smallest absolute Gasteiger partial charge is 0.198 e. The van der Waals surface area contributed by atoms with Gasteiger partial charge in [-0.2, -0.15) is 0 Å². The largest absolute Gasteiger partial charge is 0.360 e. The number of aromatic nitrogens is 1. The molecule has 0 aliphatic carbocycles. The van der Waals surface area contributed by atoms with E-state index >= 15 is 0 Å². The van der Waals surface area contributed by atoms with Crippen LogP contribution in [-0.4, -0.2) is 10.9 Å². The highest BCUT2D eigenvalue weighted by atomic mass is 35.5. The third-order valence-corrected chi connectivity index (χ3v) is 3.65. The van der Waals surface area contributed by atoms with E-state index < -0.39 is 5.82 Å². The van der Waals surface area contributed by atoms with E-state index in [1.165, 1.54) is 24.3 Å². The van der Waals surface area contributed by atoms with Gasteiger partial charge < -0.3 is 4.52 Å². The lowest BCUT2D eigenvalue weighted by molar-refractivity contribution is 0.103. The number of ketones is 1. The number of hydrogen-bond donors (Lipinski definition) is 0. The molecule has 0 atom stereocenters. The van der Waals surface area contributed by atoms with Gasteiger partial charge >= 0.3 is 0 Å². The van der Waals surface area contributed by atoms with Crippen molar-refractivity contribution < 1.29 is 13.7 Å². The monoisotopic (exact) mass is 315 g/mol. The molecule has 0 aliphatic heterocycles. The van der Waals surface area contributed by atoms with Crippen LogP contribution in [0.1, 0.15) is 21.7 Å². The van der Waals surface area contributed by atoms with E-state index in [-0.39, 0.29) is 5.78 Å². The van der Waals surface area contributed by atoms with Crippen LogP contribution in [0.4, 0.5) is 4.39 Å². The Hall–Kier alpha value is -2.46. The number of rotatable bonds is 3. The standard InChI is InChI=1S/C17H11ClFNO2/c1-10-15(17(21)11-6-8-12(19)9-7-11)16(20-22-10)13-4-2-3-5-14(13)18/h2-9H,1H3. The molecule has 0 radical (unpaired) electrons. The first kappa shape index (κ1) is 14.5. The fourth-order valence-corrected chi connectivity index (χ4v) is 2.45. The molecule has 0 saturated carbocycles. The topological polar surface area (TPSA) is 43.1 Å². The lowest BCUT2D eigenvalue weighted by Gasteiger charge is -2.04. The molecule has 0 N–H and O–H groups in total. The Bertz CT molecular complexity index is 840. The minimum atomic E-state index is -0.398. The van der Waals surface area contributed by atoms with Crippen molar-refractivity contribution >= 4 is 17.4 Å². The number of carbonyl (C=O) groups excluding carboxylic acids is 1. The number of benzene rings is 2. The Morgan fingerprint density at radius 3 is 2.50 bits per heavy atom. The van der Waals surface area contributed by atoms with Crippen molar-refractivity contribution in [2.24, 2.45) is 0 Å². The fourth-order valence-electron chi connectivity index (χ4n) is 2.22.